The zero-order valence-corrected chi connectivity index (χ0v) is 27.1. The van der Waals surface area contributed by atoms with Gasteiger partial charge in [0.05, 0.1) is 5.69 Å². The quantitative estimate of drug-likeness (QED) is 0.362. The van der Waals surface area contributed by atoms with Crippen molar-refractivity contribution in [2.24, 2.45) is 17.8 Å². The number of nitrogens with zero attached hydrogens (tertiary/aromatic N) is 4. The second kappa shape index (κ2) is 13.3. The van der Waals surface area contributed by atoms with Crippen LogP contribution in [0.15, 0.2) is 48.0 Å². The van der Waals surface area contributed by atoms with Crippen LogP contribution in [0.1, 0.15) is 66.7 Å². The minimum absolute atomic E-state index is 0.172. The Morgan fingerprint density at radius 1 is 1.00 bits per heavy atom. The van der Waals surface area contributed by atoms with Crippen molar-refractivity contribution < 1.29 is 19.1 Å². The third-order valence-electron chi connectivity index (χ3n) is 9.29. The number of piperazine rings is 1. The smallest absolute Gasteiger partial charge is 0.258 e. The molecule has 2 bridgehead atoms. The summed E-state index contributed by atoms with van der Waals surface area (Å²) < 4.78 is 5.97. The van der Waals surface area contributed by atoms with E-state index in [9.17, 15) is 14.4 Å². The molecule has 0 radical (unpaired) electrons. The Morgan fingerprint density at radius 3 is 2.44 bits per heavy atom. The monoisotopic (exact) mass is 630 g/mol. The number of rotatable bonds is 8. The zero-order chi connectivity index (χ0) is 31.6. The molecule has 2 aromatic heterocycles. The van der Waals surface area contributed by atoms with Gasteiger partial charge in [-0.1, -0.05) is 13.0 Å². The van der Waals surface area contributed by atoms with Crippen molar-refractivity contribution in [3.8, 4) is 17.1 Å². The van der Waals surface area contributed by atoms with Crippen molar-refractivity contribution in [2.75, 3.05) is 45.2 Å². The number of thiazole rings is 1. The number of fused-ring (bicyclic) bond motifs is 2. The first-order valence-corrected chi connectivity index (χ1v) is 16.8. The summed E-state index contributed by atoms with van der Waals surface area (Å²) >= 11 is 1.29. The number of carbonyl (C=O) groups excluding carboxylic acids is 3. The fourth-order valence-corrected chi connectivity index (χ4v) is 8.17. The molecular formula is C34H42N6O4S. The largest absolute Gasteiger partial charge is 0.484 e. The highest BCUT2D eigenvalue weighted by molar-refractivity contribution is 7.14. The summed E-state index contributed by atoms with van der Waals surface area (Å²) in [6, 6.07) is 10.4. The molecule has 6 rings (SSSR count). The number of nitrogens with one attached hydrogen (secondary N) is 2. The zero-order valence-electron chi connectivity index (χ0n) is 26.3. The molecule has 3 amide bonds. The lowest BCUT2D eigenvalue weighted by atomic mass is 9.62. The van der Waals surface area contributed by atoms with Crippen LogP contribution in [0.3, 0.4) is 0 Å². The molecule has 3 aromatic rings. The first kappa shape index (κ1) is 31.2. The number of carbonyl (C=O) groups is 3. The molecule has 2 N–H and O–H groups in total. The molecule has 0 spiro atoms. The number of likely N-dealkylation sites (N-methyl/N-ethyl adjacent to an activating group) is 1. The lowest BCUT2D eigenvalue weighted by molar-refractivity contribution is -0.126. The number of benzene rings is 1. The SMILES string of the molecule is CC1CC2CC(C1)CC(C)(NC(=O)COc1cc(C(=O)Nc3nc(-c4ccccn4)cs3)cc(C(=O)N3CCN(C)CC3)c1)C2. The van der Waals surface area contributed by atoms with E-state index in [0.29, 0.717) is 52.8 Å². The van der Waals surface area contributed by atoms with Crippen LogP contribution in [0, 0.1) is 17.8 Å². The number of aromatic nitrogens is 2. The van der Waals surface area contributed by atoms with Crippen molar-refractivity contribution in [2.45, 2.75) is 51.5 Å². The van der Waals surface area contributed by atoms with Crippen molar-refractivity contribution in [3.05, 3.63) is 59.1 Å². The summed E-state index contributed by atoms with van der Waals surface area (Å²) in [5.74, 6) is 1.55. The van der Waals surface area contributed by atoms with Gasteiger partial charge in [-0.15, -0.1) is 11.3 Å². The predicted molar refractivity (Wildman–Crippen MR) is 174 cm³/mol. The topological polar surface area (TPSA) is 117 Å². The van der Waals surface area contributed by atoms with Gasteiger partial charge in [0, 0.05) is 54.4 Å². The van der Waals surface area contributed by atoms with Crippen LogP contribution in [-0.2, 0) is 4.79 Å². The van der Waals surface area contributed by atoms with Gasteiger partial charge < -0.3 is 19.9 Å². The first-order valence-electron chi connectivity index (χ1n) is 15.9. The van der Waals surface area contributed by atoms with Gasteiger partial charge >= 0.3 is 0 Å². The Hall–Kier alpha value is -3.83. The maximum atomic E-state index is 13.5. The van der Waals surface area contributed by atoms with Gasteiger partial charge in [0.1, 0.15) is 11.4 Å². The Bertz CT molecular complexity index is 1520. The van der Waals surface area contributed by atoms with E-state index in [-0.39, 0.29) is 29.5 Å². The van der Waals surface area contributed by atoms with Gasteiger partial charge in [0.25, 0.3) is 17.7 Å². The van der Waals surface area contributed by atoms with Crippen LogP contribution in [0.2, 0.25) is 0 Å². The molecule has 2 saturated carbocycles. The molecule has 45 heavy (non-hydrogen) atoms. The van der Waals surface area contributed by atoms with E-state index in [1.165, 1.54) is 30.6 Å². The molecule has 1 aliphatic heterocycles. The van der Waals surface area contributed by atoms with E-state index >= 15 is 0 Å². The number of ether oxygens (including phenoxy) is 1. The van der Waals surface area contributed by atoms with E-state index in [0.717, 1.165) is 31.8 Å². The van der Waals surface area contributed by atoms with Gasteiger partial charge in [0.2, 0.25) is 0 Å². The summed E-state index contributed by atoms with van der Waals surface area (Å²) in [7, 11) is 2.03. The molecule has 2 unspecified atom stereocenters. The molecule has 3 fully saturated rings. The van der Waals surface area contributed by atoms with E-state index in [1.54, 1.807) is 29.3 Å². The molecule has 3 aliphatic rings. The van der Waals surface area contributed by atoms with Crippen molar-refractivity contribution in [1.29, 1.82) is 0 Å². The first-order chi connectivity index (χ1) is 21.6. The maximum absolute atomic E-state index is 13.5. The molecule has 2 aliphatic carbocycles. The average Bonchev–Trinajstić information content (AvgIpc) is 3.48. The Labute approximate surface area is 268 Å². The van der Waals surface area contributed by atoms with E-state index < -0.39 is 5.91 Å². The number of hydrogen-bond donors (Lipinski definition) is 2. The van der Waals surface area contributed by atoms with Gasteiger partial charge in [0.15, 0.2) is 11.7 Å². The molecule has 2 atom stereocenters. The standard InChI is InChI=1S/C34H42N6O4S/c1-22-12-23-14-24(13-22)19-34(2,18-23)38-30(41)20-44-27-16-25(15-26(17-27)32(43)40-10-8-39(3)9-11-40)31(42)37-33-36-29(21-45-33)28-6-4-5-7-35-28/h4-7,15-17,21-24H,8-14,18-20H2,1-3H3,(H,38,41)(H,36,37,42). The van der Waals surface area contributed by atoms with Crippen LogP contribution in [-0.4, -0.2) is 82.9 Å². The minimum atomic E-state index is -0.422. The normalized spacial score (nSPS) is 25.0. The second-order valence-electron chi connectivity index (χ2n) is 13.4. The highest BCUT2D eigenvalue weighted by atomic mass is 32.1. The predicted octanol–water partition coefficient (Wildman–Crippen LogP) is 4.94. The molecule has 238 valence electrons. The van der Waals surface area contributed by atoms with Crippen molar-refractivity contribution >= 4 is 34.2 Å². The fraction of sp³-hybridized carbons (Fsp3) is 0.500. The highest BCUT2D eigenvalue weighted by Gasteiger charge is 2.41. The molecule has 11 heteroatoms. The fourth-order valence-electron chi connectivity index (χ4n) is 7.47. The van der Waals surface area contributed by atoms with Crippen LogP contribution >= 0.6 is 11.3 Å². The van der Waals surface area contributed by atoms with Gasteiger partial charge in [-0.2, -0.15) is 0 Å². The van der Waals surface area contributed by atoms with Crippen molar-refractivity contribution in [1.82, 2.24) is 25.1 Å². The molecule has 1 aromatic carbocycles. The van der Waals surface area contributed by atoms with Crippen molar-refractivity contribution in [3.63, 3.8) is 0 Å². The van der Waals surface area contributed by atoms with Crippen LogP contribution in [0.5, 0.6) is 5.75 Å². The lowest BCUT2D eigenvalue weighted by Gasteiger charge is -2.47. The van der Waals surface area contributed by atoms with E-state index in [1.807, 2.05) is 30.6 Å². The minimum Gasteiger partial charge on any atom is -0.484 e. The number of amides is 3. The summed E-state index contributed by atoms with van der Waals surface area (Å²) in [6.07, 6.45) is 7.37. The van der Waals surface area contributed by atoms with E-state index in [4.69, 9.17) is 4.74 Å². The summed E-state index contributed by atoms with van der Waals surface area (Å²) in [4.78, 5) is 52.9. The lowest BCUT2D eigenvalue weighted by Crippen LogP contribution is -2.53. The number of pyridine rings is 1. The summed E-state index contributed by atoms with van der Waals surface area (Å²) in [5, 5.41) is 8.35. The summed E-state index contributed by atoms with van der Waals surface area (Å²) in [6.45, 7) is 7.03. The molecular weight excluding hydrogens is 588 g/mol. The number of anilines is 1. The maximum Gasteiger partial charge on any atom is 0.258 e. The van der Waals surface area contributed by atoms with Crippen LogP contribution in [0.25, 0.3) is 11.4 Å². The number of hydrogen-bond acceptors (Lipinski definition) is 8. The average molecular weight is 631 g/mol. The molecule has 1 saturated heterocycles. The Balaban J connectivity index is 1.16. The molecule has 3 heterocycles. The third kappa shape index (κ3) is 7.70. The second-order valence-corrected chi connectivity index (χ2v) is 14.3. The van der Waals surface area contributed by atoms with Gasteiger partial charge in [-0.25, -0.2) is 4.98 Å². The Kier molecular flexibility index (Phi) is 9.18. The van der Waals surface area contributed by atoms with Gasteiger partial charge in [-0.05, 0) is 94.2 Å². The van der Waals surface area contributed by atoms with Crippen LogP contribution in [0.4, 0.5) is 5.13 Å². The third-order valence-corrected chi connectivity index (χ3v) is 10.0. The van der Waals surface area contributed by atoms with E-state index in [2.05, 4.69) is 39.3 Å². The van der Waals surface area contributed by atoms with Crippen LogP contribution < -0.4 is 15.4 Å². The molecule has 10 nitrogen and oxygen atoms in total. The highest BCUT2D eigenvalue weighted by Crippen LogP contribution is 2.46. The van der Waals surface area contributed by atoms with Gasteiger partial charge in [-0.3, -0.25) is 24.7 Å². The Morgan fingerprint density at radius 2 is 1.73 bits per heavy atom. The summed E-state index contributed by atoms with van der Waals surface area (Å²) in [5.41, 5.74) is 1.72.